The molecule has 0 unspecified atom stereocenters. The lowest BCUT2D eigenvalue weighted by Crippen LogP contribution is -2.33. The van der Waals surface area contributed by atoms with Crippen LogP contribution in [0.5, 0.6) is 0 Å². The van der Waals surface area contributed by atoms with Crippen molar-refractivity contribution in [2.24, 2.45) is 5.73 Å². The maximum absolute atomic E-state index is 13.5. The Balaban J connectivity index is 2.10. The molecule has 0 aliphatic carbocycles. The minimum Gasteiger partial charge on any atom is -0.368 e. The average Bonchev–Trinajstić information content (AvgIpc) is 2.44. The van der Waals surface area contributed by atoms with E-state index in [1.807, 2.05) is 36.4 Å². The first kappa shape index (κ1) is 14.2. The van der Waals surface area contributed by atoms with Gasteiger partial charge in [-0.05, 0) is 29.7 Å². The minimum absolute atomic E-state index is 0.250. The highest BCUT2D eigenvalue weighted by Gasteiger charge is 2.16. The molecule has 0 aliphatic rings. The Bertz CT molecular complexity index is 599. The molecule has 0 radical (unpaired) electrons. The maximum atomic E-state index is 13.5. The Labute approximate surface area is 117 Å². The molecule has 0 saturated carbocycles. The van der Waals surface area contributed by atoms with Crippen LogP contribution in [0, 0.1) is 12.7 Å². The van der Waals surface area contributed by atoms with Crippen LogP contribution in [0.2, 0.25) is 0 Å². The molecule has 104 valence electrons. The zero-order valence-electron chi connectivity index (χ0n) is 11.3. The van der Waals surface area contributed by atoms with Gasteiger partial charge >= 0.3 is 0 Å². The molecule has 0 bridgehead atoms. The average molecular weight is 272 g/mol. The van der Waals surface area contributed by atoms with Crippen molar-refractivity contribution in [1.29, 1.82) is 0 Å². The summed E-state index contributed by atoms with van der Waals surface area (Å²) in [5, 5.41) is 3.06. The molecular weight excluding hydrogens is 255 g/mol. The van der Waals surface area contributed by atoms with E-state index in [9.17, 15) is 9.18 Å². The van der Waals surface area contributed by atoms with E-state index in [-0.39, 0.29) is 5.82 Å². The van der Waals surface area contributed by atoms with E-state index >= 15 is 0 Å². The van der Waals surface area contributed by atoms with Crippen molar-refractivity contribution in [2.75, 3.05) is 0 Å². The number of carbonyl (C=O) groups excluding carboxylic acids is 1. The van der Waals surface area contributed by atoms with Crippen molar-refractivity contribution >= 4 is 5.91 Å². The van der Waals surface area contributed by atoms with Crippen LogP contribution in [-0.4, -0.2) is 5.91 Å². The third kappa shape index (κ3) is 3.42. The predicted octanol–water partition coefficient (Wildman–Crippen LogP) is 2.45. The van der Waals surface area contributed by atoms with E-state index in [1.165, 1.54) is 6.07 Å². The lowest BCUT2D eigenvalue weighted by Gasteiger charge is -2.16. The number of aryl methyl sites for hydroxylation is 1. The molecule has 0 aliphatic heterocycles. The zero-order chi connectivity index (χ0) is 14.5. The van der Waals surface area contributed by atoms with Gasteiger partial charge in [-0.2, -0.15) is 0 Å². The third-order valence-corrected chi connectivity index (χ3v) is 3.16. The molecule has 4 heteroatoms. The fraction of sp³-hybridized carbons (Fsp3) is 0.188. The van der Waals surface area contributed by atoms with E-state index in [4.69, 9.17) is 5.73 Å². The number of hydrogen-bond acceptors (Lipinski definition) is 2. The molecule has 2 aromatic carbocycles. The molecule has 1 atom stereocenters. The molecule has 0 fully saturated rings. The SMILES string of the molecule is Cc1ccc(CN[C@@H](C(N)=O)c2ccccc2)cc1F. The predicted molar refractivity (Wildman–Crippen MR) is 76.4 cm³/mol. The summed E-state index contributed by atoms with van der Waals surface area (Å²) in [4.78, 5) is 11.5. The Morgan fingerprint density at radius 2 is 1.95 bits per heavy atom. The fourth-order valence-corrected chi connectivity index (χ4v) is 1.99. The number of nitrogens with two attached hydrogens (primary N) is 1. The first-order chi connectivity index (χ1) is 9.58. The largest absolute Gasteiger partial charge is 0.368 e. The number of carbonyl (C=O) groups is 1. The summed E-state index contributed by atoms with van der Waals surface area (Å²) in [7, 11) is 0. The van der Waals surface area contributed by atoms with Gasteiger partial charge in [-0.25, -0.2) is 4.39 Å². The van der Waals surface area contributed by atoms with Gasteiger partial charge in [-0.1, -0.05) is 42.5 Å². The summed E-state index contributed by atoms with van der Waals surface area (Å²) in [6.45, 7) is 2.09. The van der Waals surface area contributed by atoms with E-state index in [2.05, 4.69) is 5.32 Å². The smallest absolute Gasteiger partial charge is 0.239 e. The summed E-state index contributed by atoms with van der Waals surface area (Å²) < 4.78 is 13.5. The molecule has 2 aromatic rings. The third-order valence-electron chi connectivity index (χ3n) is 3.16. The number of amides is 1. The Morgan fingerprint density at radius 1 is 1.25 bits per heavy atom. The van der Waals surface area contributed by atoms with E-state index < -0.39 is 11.9 Å². The van der Waals surface area contributed by atoms with Crippen LogP contribution in [0.15, 0.2) is 48.5 Å². The molecular formula is C16H17FN2O. The lowest BCUT2D eigenvalue weighted by atomic mass is 10.1. The minimum atomic E-state index is -0.583. The Morgan fingerprint density at radius 3 is 2.55 bits per heavy atom. The number of nitrogens with one attached hydrogen (secondary N) is 1. The van der Waals surface area contributed by atoms with Crippen molar-refractivity contribution in [3.63, 3.8) is 0 Å². The summed E-state index contributed by atoms with van der Waals surface area (Å²) in [5.41, 5.74) is 7.58. The van der Waals surface area contributed by atoms with Crippen LogP contribution in [0.25, 0.3) is 0 Å². The zero-order valence-corrected chi connectivity index (χ0v) is 11.3. The molecule has 0 aromatic heterocycles. The van der Waals surface area contributed by atoms with E-state index in [0.29, 0.717) is 12.1 Å². The van der Waals surface area contributed by atoms with Crippen LogP contribution in [-0.2, 0) is 11.3 Å². The van der Waals surface area contributed by atoms with Gasteiger partial charge < -0.3 is 5.73 Å². The van der Waals surface area contributed by atoms with Gasteiger partial charge in [-0.3, -0.25) is 10.1 Å². The van der Waals surface area contributed by atoms with Gasteiger partial charge in [0.15, 0.2) is 0 Å². The van der Waals surface area contributed by atoms with Gasteiger partial charge in [-0.15, -0.1) is 0 Å². The first-order valence-corrected chi connectivity index (χ1v) is 6.40. The second kappa shape index (κ2) is 6.30. The number of rotatable bonds is 5. The van der Waals surface area contributed by atoms with Crippen molar-refractivity contribution in [3.05, 3.63) is 71.0 Å². The van der Waals surface area contributed by atoms with Crippen molar-refractivity contribution in [1.82, 2.24) is 5.32 Å². The Hall–Kier alpha value is -2.20. The summed E-state index contributed by atoms with van der Waals surface area (Å²) >= 11 is 0. The highest BCUT2D eigenvalue weighted by atomic mass is 19.1. The van der Waals surface area contributed by atoms with Gasteiger partial charge in [0.2, 0.25) is 5.91 Å². The van der Waals surface area contributed by atoms with Crippen molar-refractivity contribution in [3.8, 4) is 0 Å². The molecule has 0 heterocycles. The molecule has 20 heavy (non-hydrogen) atoms. The highest BCUT2D eigenvalue weighted by Crippen LogP contribution is 2.14. The van der Waals surface area contributed by atoms with Gasteiger partial charge in [0, 0.05) is 6.54 Å². The molecule has 0 saturated heterocycles. The fourth-order valence-electron chi connectivity index (χ4n) is 1.99. The normalized spacial score (nSPS) is 12.1. The van der Waals surface area contributed by atoms with E-state index in [1.54, 1.807) is 13.0 Å². The Kier molecular flexibility index (Phi) is 4.48. The molecule has 2 rings (SSSR count). The van der Waals surface area contributed by atoms with Crippen molar-refractivity contribution < 1.29 is 9.18 Å². The first-order valence-electron chi connectivity index (χ1n) is 6.40. The standard InChI is InChI=1S/C16H17FN2O/c1-11-7-8-12(9-14(11)17)10-19-15(16(18)20)13-5-3-2-4-6-13/h2-9,15,19H,10H2,1H3,(H2,18,20)/t15-/m1/s1. The molecule has 3 nitrogen and oxygen atoms in total. The van der Waals surface area contributed by atoms with E-state index in [0.717, 1.165) is 11.1 Å². The van der Waals surface area contributed by atoms with Crippen LogP contribution in [0.3, 0.4) is 0 Å². The molecule has 0 spiro atoms. The van der Waals surface area contributed by atoms with Gasteiger partial charge in [0.1, 0.15) is 11.9 Å². The number of benzene rings is 2. The summed E-state index contributed by atoms with van der Waals surface area (Å²) in [6.07, 6.45) is 0. The maximum Gasteiger partial charge on any atom is 0.239 e. The van der Waals surface area contributed by atoms with Crippen molar-refractivity contribution in [2.45, 2.75) is 19.5 Å². The second-order valence-corrected chi connectivity index (χ2v) is 4.71. The number of primary amides is 1. The summed E-state index contributed by atoms with van der Waals surface area (Å²) in [5.74, 6) is -0.705. The molecule has 3 N–H and O–H groups in total. The number of hydrogen-bond donors (Lipinski definition) is 2. The lowest BCUT2D eigenvalue weighted by molar-refractivity contribution is -0.120. The monoisotopic (exact) mass is 272 g/mol. The van der Waals surface area contributed by atoms with Crippen LogP contribution in [0.1, 0.15) is 22.7 Å². The van der Waals surface area contributed by atoms with Gasteiger partial charge in [0.25, 0.3) is 0 Å². The topological polar surface area (TPSA) is 55.1 Å². The highest BCUT2D eigenvalue weighted by molar-refractivity contribution is 5.81. The quantitative estimate of drug-likeness (QED) is 0.878. The van der Waals surface area contributed by atoms with Crippen LogP contribution >= 0.6 is 0 Å². The van der Waals surface area contributed by atoms with Crippen LogP contribution < -0.4 is 11.1 Å². The second-order valence-electron chi connectivity index (χ2n) is 4.71. The van der Waals surface area contributed by atoms with Crippen LogP contribution in [0.4, 0.5) is 4.39 Å². The van der Waals surface area contributed by atoms with Gasteiger partial charge in [0.05, 0.1) is 0 Å². The molecule has 1 amide bonds. The summed E-state index contributed by atoms with van der Waals surface area (Å²) in [6, 6.07) is 13.7. The number of halogens is 1.